The van der Waals surface area contributed by atoms with Gasteiger partial charge in [-0.1, -0.05) is 12.1 Å². The average molecular weight is 309 g/mol. The SMILES string of the molecule is N[C@H](c1cccc(OC(F)(F)F)c1)C(F)(F)C(F)(F)F. The lowest BCUT2D eigenvalue weighted by Crippen LogP contribution is -2.45. The molecular weight excluding hydrogens is 302 g/mol. The molecule has 0 saturated carbocycles. The Balaban J connectivity index is 3.06. The molecule has 2 N–H and O–H groups in total. The Morgan fingerprint density at radius 2 is 1.50 bits per heavy atom. The summed E-state index contributed by atoms with van der Waals surface area (Å²) in [6.45, 7) is 0. The predicted octanol–water partition coefficient (Wildman–Crippen LogP) is 3.78. The third-order valence-electron chi connectivity index (χ3n) is 2.22. The van der Waals surface area contributed by atoms with Gasteiger partial charge in [-0.3, -0.25) is 0 Å². The van der Waals surface area contributed by atoms with Crippen LogP contribution in [0.3, 0.4) is 0 Å². The second-order valence-electron chi connectivity index (χ2n) is 3.72. The van der Waals surface area contributed by atoms with Gasteiger partial charge in [0.2, 0.25) is 0 Å². The molecule has 0 aliphatic heterocycles. The molecule has 0 fully saturated rings. The number of halogens is 8. The van der Waals surface area contributed by atoms with Crippen LogP contribution in [0.4, 0.5) is 35.1 Å². The van der Waals surface area contributed by atoms with Crippen molar-refractivity contribution in [2.75, 3.05) is 0 Å². The monoisotopic (exact) mass is 309 g/mol. The molecule has 10 heteroatoms. The maximum Gasteiger partial charge on any atom is 0.573 e. The summed E-state index contributed by atoms with van der Waals surface area (Å²) < 4.78 is 101. The van der Waals surface area contributed by atoms with Gasteiger partial charge < -0.3 is 10.5 Å². The van der Waals surface area contributed by atoms with Gasteiger partial charge in [0.1, 0.15) is 11.8 Å². The first-order chi connectivity index (χ1) is 8.84. The van der Waals surface area contributed by atoms with Crippen LogP contribution < -0.4 is 10.5 Å². The van der Waals surface area contributed by atoms with Crippen LogP contribution in [0.25, 0.3) is 0 Å². The van der Waals surface area contributed by atoms with Crippen LogP contribution >= 0.6 is 0 Å². The van der Waals surface area contributed by atoms with E-state index < -0.39 is 35.8 Å². The molecule has 0 aliphatic carbocycles. The van der Waals surface area contributed by atoms with Crippen molar-refractivity contribution in [1.82, 2.24) is 0 Å². The highest BCUT2D eigenvalue weighted by Crippen LogP contribution is 2.43. The predicted molar refractivity (Wildman–Crippen MR) is 51.1 cm³/mol. The second kappa shape index (κ2) is 5.08. The molecule has 2 nitrogen and oxygen atoms in total. The van der Waals surface area contributed by atoms with Crippen LogP contribution in [0.1, 0.15) is 11.6 Å². The van der Waals surface area contributed by atoms with Crippen LogP contribution in [-0.2, 0) is 0 Å². The molecule has 0 aromatic heterocycles. The van der Waals surface area contributed by atoms with Gasteiger partial charge in [0.15, 0.2) is 0 Å². The molecular formula is C10H7F8NO. The Morgan fingerprint density at radius 3 is 1.95 bits per heavy atom. The van der Waals surface area contributed by atoms with Gasteiger partial charge in [0, 0.05) is 0 Å². The zero-order valence-corrected chi connectivity index (χ0v) is 9.40. The van der Waals surface area contributed by atoms with Gasteiger partial charge >= 0.3 is 18.5 Å². The van der Waals surface area contributed by atoms with E-state index in [-0.39, 0.29) is 0 Å². The lowest BCUT2D eigenvalue weighted by atomic mass is 10.0. The highest BCUT2D eigenvalue weighted by Gasteiger charge is 2.61. The molecule has 20 heavy (non-hydrogen) atoms. The van der Waals surface area contributed by atoms with Crippen molar-refractivity contribution in [1.29, 1.82) is 0 Å². The second-order valence-corrected chi connectivity index (χ2v) is 3.72. The molecule has 1 rings (SSSR count). The van der Waals surface area contributed by atoms with Gasteiger partial charge in [-0.2, -0.15) is 22.0 Å². The summed E-state index contributed by atoms with van der Waals surface area (Å²) in [7, 11) is 0. The molecule has 1 aromatic carbocycles. The van der Waals surface area contributed by atoms with Gasteiger partial charge in [-0.25, -0.2) is 0 Å². The molecule has 114 valence electrons. The van der Waals surface area contributed by atoms with Crippen LogP contribution in [0.5, 0.6) is 5.75 Å². The van der Waals surface area contributed by atoms with Crippen molar-refractivity contribution >= 4 is 0 Å². The summed E-state index contributed by atoms with van der Waals surface area (Å²) in [5.74, 6) is -6.23. The molecule has 1 atom stereocenters. The maximum atomic E-state index is 13.0. The molecule has 0 amide bonds. The van der Waals surface area contributed by atoms with E-state index in [0.717, 1.165) is 18.2 Å². The standard InChI is InChI=1S/C10H7F8NO/c11-8(12,9(13,14)15)7(19)5-2-1-3-6(4-5)20-10(16,17)18/h1-4,7H,19H2/t7-/m1/s1. The summed E-state index contributed by atoms with van der Waals surface area (Å²) >= 11 is 0. The van der Waals surface area contributed by atoms with E-state index in [1.807, 2.05) is 0 Å². The molecule has 0 aliphatic rings. The van der Waals surface area contributed by atoms with Gasteiger partial charge in [0.05, 0.1) is 0 Å². The molecule has 0 spiro atoms. The van der Waals surface area contributed by atoms with E-state index in [2.05, 4.69) is 4.74 Å². The minimum absolute atomic E-state index is 0.373. The van der Waals surface area contributed by atoms with E-state index in [9.17, 15) is 35.1 Å². The smallest absolute Gasteiger partial charge is 0.406 e. The van der Waals surface area contributed by atoms with Crippen molar-refractivity contribution in [3.8, 4) is 5.75 Å². The zero-order chi connectivity index (χ0) is 15.8. The first-order valence-electron chi connectivity index (χ1n) is 4.90. The highest BCUT2D eigenvalue weighted by atomic mass is 19.4. The third-order valence-corrected chi connectivity index (χ3v) is 2.22. The lowest BCUT2D eigenvalue weighted by Gasteiger charge is -2.26. The average Bonchev–Trinajstić information content (AvgIpc) is 2.24. The van der Waals surface area contributed by atoms with Crippen molar-refractivity contribution in [3.05, 3.63) is 29.8 Å². The summed E-state index contributed by atoms with van der Waals surface area (Å²) in [4.78, 5) is 0. The van der Waals surface area contributed by atoms with Crippen molar-refractivity contribution in [3.63, 3.8) is 0 Å². The minimum Gasteiger partial charge on any atom is -0.406 e. The van der Waals surface area contributed by atoms with Crippen LogP contribution in [-0.4, -0.2) is 18.5 Å². The number of hydrogen-bond acceptors (Lipinski definition) is 2. The Morgan fingerprint density at radius 1 is 0.950 bits per heavy atom. The maximum absolute atomic E-state index is 13.0. The highest BCUT2D eigenvalue weighted by molar-refractivity contribution is 5.32. The van der Waals surface area contributed by atoms with E-state index in [4.69, 9.17) is 5.73 Å². The summed E-state index contributed by atoms with van der Waals surface area (Å²) in [5, 5.41) is 0. The van der Waals surface area contributed by atoms with Crippen LogP contribution in [0.15, 0.2) is 24.3 Å². The topological polar surface area (TPSA) is 35.2 Å². The van der Waals surface area contributed by atoms with E-state index in [0.29, 0.717) is 6.07 Å². The fourth-order valence-electron chi connectivity index (χ4n) is 1.29. The normalized spacial score (nSPS) is 15.1. The fourth-order valence-corrected chi connectivity index (χ4v) is 1.29. The van der Waals surface area contributed by atoms with Crippen molar-refractivity contribution < 1.29 is 39.9 Å². The van der Waals surface area contributed by atoms with Crippen molar-refractivity contribution in [2.24, 2.45) is 5.73 Å². The van der Waals surface area contributed by atoms with Gasteiger partial charge in [-0.15, -0.1) is 13.2 Å². The first kappa shape index (κ1) is 16.5. The summed E-state index contributed by atoms with van der Waals surface area (Å²) in [6, 6.07) is -0.164. The lowest BCUT2D eigenvalue weighted by molar-refractivity contribution is -0.291. The van der Waals surface area contributed by atoms with Crippen molar-refractivity contribution in [2.45, 2.75) is 24.5 Å². The van der Waals surface area contributed by atoms with Crippen LogP contribution in [0, 0.1) is 0 Å². The Kier molecular flexibility index (Phi) is 4.18. The molecule has 0 saturated heterocycles. The quantitative estimate of drug-likeness (QED) is 0.862. The number of hydrogen-bond donors (Lipinski definition) is 1. The van der Waals surface area contributed by atoms with E-state index >= 15 is 0 Å². The first-order valence-corrected chi connectivity index (χ1v) is 4.90. The summed E-state index contributed by atoms with van der Waals surface area (Å²) in [6.07, 6.45) is -11.0. The minimum atomic E-state index is -5.92. The Labute approximate surface area is 107 Å². The number of nitrogens with two attached hydrogens (primary N) is 1. The Bertz CT molecular complexity index is 467. The van der Waals surface area contributed by atoms with Gasteiger partial charge in [-0.05, 0) is 17.7 Å². The number of rotatable bonds is 3. The molecule has 1 aromatic rings. The number of benzene rings is 1. The molecule has 0 radical (unpaired) electrons. The molecule has 0 heterocycles. The Hall–Kier alpha value is -1.58. The molecule has 0 bridgehead atoms. The van der Waals surface area contributed by atoms with Crippen LogP contribution in [0.2, 0.25) is 0 Å². The van der Waals surface area contributed by atoms with E-state index in [1.165, 1.54) is 0 Å². The zero-order valence-electron chi connectivity index (χ0n) is 9.40. The fraction of sp³-hybridized carbons (Fsp3) is 0.400. The number of ether oxygens (including phenoxy) is 1. The number of alkyl halides is 8. The largest absolute Gasteiger partial charge is 0.573 e. The molecule has 0 unspecified atom stereocenters. The van der Waals surface area contributed by atoms with E-state index in [1.54, 1.807) is 0 Å². The third kappa shape index (κ3) is 3.71. The summed E-state index contributed by atoms with van der Waals surface area (Å²) in [5.41, 5.74) is 3.95. The van der Waals surface area contributed by atoms with Gasteiger partial charge in [0.25, 0.3) is 0 Å².